The topological polar surface area (TPSA) is 88.7 Å². The summed E-state index contributed by atoms with van der Waals surface area (Å²) in [7, 11) is 3.16. The highest BCUT2D eigenvalue weighted by atomic mass is 16.7. The van der Waals surface area contributed by atoms with Crippen molar-refractivity contribution in [2.45, 2.75) is 65.4 Å². The van der Waals surface area contributed by atoms with Crippen LogP contribution in [0, 0.1) is 0 Å². The van der Waals surface area contributed by atoms with Crippen LogP contribution in [0.15, 0.2) is 6.07 Å². The van der Waals surface area contributed by atoms with Gasteiger partial charge in [-0.25, -0.2) is 4.79 Å². The van der Waals surface area contributed by atoms with E-state index in [0.29, 0.717) is 6.54 Å². The molecule has 2 N–H and O–H groups in total. The number of hydrogen-bond acceptors (Lipinski definition) is 6. The zero-order valence-corrected chi connectivity index (χ0v) is 17.1. The molecule has 1 aliphatic rings. The van der Waals surface area contributed by atoms with Gasteiger partial charge in [-0.1, -0.05) is 13.8 Å². The van der Waals surface area contributed by atoms with E-state index in [0.717, 1.165) is 30.9 Å². The van der Waals surface area contributed by atoms with Crippen molar-refractivity contribution in [3.05, 3.63) is 11.8 Å². The van der Waals surface area contributed by atoms with Crippen LogP contribution in [0.5, 0.6) is 0 Å². The van der Waals surface area contributed by atoms with Crippen LogP contribution in [0.3, 0.4) is 0 Å². The summed E-state index contributed by atoms with van der Waals surface area (Å²) in [6, 6.07) is 1.95. The third-order valence-electron chi connectivity index (χ3n) is 3.73. The average molecular weight is 370 g/mol. The molecule has 26 heavy (non-hydrogen) atoms. The Kier molecular flexibility index (Phi) is 8.87. The Balaban J connectivity index is 0.00000163. The normalized spacial score (nSPS) is 17.5. The van der Waals surface area contributed by atoms with Crippen LogP contribution < -0.4 is 10.2 Å². The number of aromatic nitrogens is 2. The summed E-state index contributed by atoms with van der Waals surface area (Å²) in [6.07, 6.45) is 1.05. The maximum atomic E-state index is 11.9. The lowest BCUT2D eigenvalue weighted by Gasteiger charge is -2.33. The molecule has 1 atom stereocenters. The summed E-state index contributed by atoms with van der Waals surface area (Å²) in [5, 5.41) is 10.2. The zero-order chi connectivity index (χ0) is 19.7. The lowest BCUT2D eigenvalue weighted by atomic mass is 10.1. The van der Waals surface area contributed by atoms with Gasteiger partial charge in [0.05, 0.1) is 5.69 Å². The summed E-state index contributed by atoms with van der Waals surface area (Å²) in [6.45, 7) is 11.1. The molecule has 8 heteroatoms. The van der Waals surface area contributed by atoms with Gasteiger partial charge in [-0.15, -0.1) is 0 Å². The minimum Gasteiger partial charge on any atom is -0.444 e. The summed E-state index contributed by atoms with van der Waals surface area (Å²) < 4.78 is 15.8. The predicted molar refractivity (Wildman–Crippen MR) is 101 cm³/mol. The molecule has 8 nitrogen and oxygen atoms in total. The minimum absolute atomic E-state index is 0.0365. The third kappa shape index (κ3) is 6.84. The van der Waals surface area contributed by atoms with Crippen molar-refractivity contribution in [2.24, 2.45) is 0 Å². The van der Waals surface area contributed by atoms with E-state index in [1.807, 2.05) is 40.7 Å². The second-order valence-corrected chi connectivity index (χ2v) is 6.92. The quantitative estimate of drug-likeness (QED) is 0.774. The lowest BCUT2D eigenvalue weighted by molar-refractivity contribution is -0.108. The summed E-state index contributed by atoms with van der Waals surface area (Å²) in [4.78, 5) is 14.1. The minimum atomic E-state index is -0.495. The average Bonchev–Trinajstić information content (AvgIpc) is 3.06. The van der Waals surface area contributed by atoms with E-state index < -0.39 is 11.9 Å². The molecule has 1 aromatic heterocycles. The maximum absolute atomic E-state index is 11.9. The molecule has 0 spiro atoms. The highest BCUT2D eigenvalue weighted by Gasteiger charge is 2.26. The van der Waals surface area contributed by atoms with Crippen molar-refractivity contribution < 1.29 is 19.0 Å². The van der Waals surface area contributed by atoms with E-state index in [9.17, 15) is 4.79 Å². The van der Waals surface area contributed by atoms with Crippen LogP contribution >= 0.6 is 0 Å². The number of H-pyrrole nitrogens is 1. The SMILES string of the molecule is CC.COC(OC)c1cc(N2CCC[C@@H](NC(=O)OC(C)(C)C)C2)n[nH]1. The van der Waals surface area contributed by atoms with Gasteiger partial charge in [-0.3, -0.25) is 5.10 Å². The number of nitrogens with one attached hydrogen (secondary N) is 2. The van der Waals surface area contributed by atoms with Gasteiger partial charge in [0, 0.05) is 39.4 Å². The second-order valence-electron chi connectivity index (χ2n) is 6.92. The molecule has 0 aliphatic carbocycles. The number of piperidine rings is 1. The van der Waals surface area contributed by atoms with Gasteiger partial charge in [0.1, 0.15) is 5.60 Å². The number of amides is 1. The van der Waals surface area contributed by atoms with Crippen LogP contribution in [0.4, 0.5) is 10.6 Å². The number of ether oxygens (including phenoxy) is 3. The standard InChI is InChI=1S/C16H28N4O4.C2H6/c1-16(2,3)24-15(21)17-11-7-6-8-20(10-11)13-9-12(18-19-13)14(22-4)23-5;1-2/h9,11,14H,6-8,10H2,1-5H3,(H,17,21)(H,18,19);1-2H3/t11-;/m1./s1. The largest absolute Gasteiger partial charge is 0.444 e. The van der Waals surface area contributed by atoms with Crippen LogP contribution in [-0.2, 0) is 14.2 Å². The molecule has 0 unspecified atom stereocenters. The first-order valence-corrected chi connectivity index (χ1v) is 9.17. The summed E-state index contributed by atoms with van der Waals surface area (Å²) in [5.41, 5.74) is 0.266. The Labute approximate surface area is 156 Å². The summed E-state index contributed by atoms with van der Waals surface area (Å²) >= 11 is 0. The first-order valence-electron chi connectivity index (χ1n) is 9.17. The van der Waals surface area contributed by atoms with Gasteiger partial charge in [0.15, 0.2) is 12.1 Å². The number of carbonyl (C=O) groups excluding carboxylic acids is 1. The number of anilines is 1. The van der Waals surface area contributed by atoms with Gasteiger partial charge in [-0.05, 0) is 33.6 Å². The van der Waals surface area contributed by atoms with Gasteiger partial charge in [-0.2, -0.15) is 5.10 Å². The van der Waals surface area contributed by atoms with E-state index in [1.165, 1.54) is 0 Å². The van der Waals surface area contributed by atoms with Gasteiger partial charge >= 0.3 is 6.09 Å². The Hall–Kier alpha value is -1.80. The molecule has 0 aromatic carbocycles. The third-order valence-corrected chi connectivity index (χ3v) is 3.73. The van der Waals surface area contributed by atoms with E-state index in [-0.39, 0.29) is 12.1 Å². The van der Waals surface area contributed by atoms with Crippen molar-refractivity contribution in [3.8, 4) is 0 Å². The molecule has 1 saturated heterocycles. The predicted octanol–water partition coefficient (Wildman–Crippen LogP) is 3.22. The zero-order valence-electron chi connectivity index (χ0n) is 17.1. The number of nitrogens with zero attached hydrogens (tertiary/aromatic N) is 2. The van der Waals surface area contributed by atoms with E-state index >= 15 is 0 Å². The maximum Gasteiger partial charge on any atom is 0.407 e. The molecule has 1 aromatic rings. The van der Waals surface area contributed by atoms with Crippen molar-refractivity contribution >= 4 is 11.9 Å². The van der Waals surface area contributed by atoms with Crippen molar-refractivity contribution in [1.82, 2.24) is 15.5 Å². The molecule has 2 rings (SSSR count). The number of carbonyl (C=O) groups is 1. The second kappa shape index (κ2) is 10.4. The monoisotopic (exact) mass is 370 g/mol. The van der Waals surface area contributed by atoms with Gasteiger partial charge < -0.3 is 24.4 Å². The first-order chi connectivity index (χ1) is 12.3. The van der Waals surface area contributed by atoms with Crippen LogP contribution in [0.25, 0.3) is 0 Å². The Morgan fingerprint density at radius 3 is 2.58 bits per heavy atom. The van der Waals surface area contributed by atoms with Gasteiger partial charge in [0.25, 0.3) is 0 Å². The van der Waals surface area contributed by atoms with E-state index in [4.69, 9.17) is 14.2 Å². The highest BCUT2D eigenvalue weighted by molar-refractivity contribution is 5.68. The number of methoxy groups -OCH3 is 2. The molecule has 0 saturated carbocycles. The highest BCUT2D eigenvalue weighted by Crippen LogP contribution is 2.23. The Morgan fingerprint density at radius 1 is 1.35 bits per heavy atom. The molecular formula is C18H34N4O4. The fraction of sp³-hybridized carbons (Fsp3) is 0.778. The van der Waals surface area contributed by atoms with Crippen molar-refractivity contribution in [2.75, 3.05) is 32.2 Å². The molecule has 1 amide bonds. The number of alkyl carbamates (subject to hydrolysis) is 1. The smallest absolute Gasteiger partial charge is 0.407 e. The Morgan fingerprint density at radius 2 is 2.00 bits per heavy atom. The van der Waals surface area contributed by atoms with E-state index in [1.54, 1.807) is 14.2 Å². The lowest BCUT2D eigenvalue weighted by Crippen LogP contribution is -2.49. The van der Waals surface area contributed by atoms with Crippen LogP contribution in [-0.4, -0.2) is 55.2 Å². The van der Waals surface area contributed by atoms with E-state index in [2.05, 4.69) is 20.4 Å². The Bertz CT molecular complexity index is 538. The molecule has 1 fully saturated rings. The molecule has 0 radical (unpaired) electrons. The molecule has 0 bridgehead atoms. The molecule has 150 valence electrons. The van der Waals surface area contributed by atoms with Gasteiger partial charge in [0.2, 0.25) is 0 Å². The molecule has 1 aliphatic heterocycles. The number of aromatic amines is 1. The van der Waals surface area contributed by atoms with Crippen LogP contribution in [0.1, 0.15) is 59.4 Å². The van der Waals surface area contributed by atoms with Crippen molar-refractivity contribution in [1.29, 1.82) is 0 Å². The fourth-order valence-electron chi connectivity index (χ4n) is 2.74. The van der Waals surface area contributed by atoms with Crippen LogP contribution in [0.2, 0.25) is 0 Å². The molecule has 2 heterocycles. The summed E-state index contributed by atoms with van der Waals surface area (Å²) in [5.74, 6) is 0.819. The molecular weight excluding hydrogens is 336 g/mol. The number of rotatable bonds is 5. The first kappa shape index (κ1) is 22.2. The fourth-order valence-corrected chi connectivity index (χ4v) is 2.74. The number of hydrogen-bond donors (Lipinski definition) is 2. The van der Waals surface area contributed by atoms with Crippen molar-refractivity contribution in [3.63, 3.8) is 0 Å².